The van der Waals surface area contributed by atoms with Gasteiger partial charge in [0.2, 0.25) is 0 Å². The minimum absolute atomic E-state index is 0.235. The summed E-state index contributed by atoms with van der Waals surface area (Å²) in [5.74, 6) is 0. The van der Waals surface area contributed by atoms with E-state index in [9.17, 15) is 0 Å². The Bertz CT molecular complexity index is 148. The molecule has 3 heteroatoms. The van der Waals surface area contributed by atoms with E-state index in [-0.39, 0.29) is 6.10 Å². The van der Waals surface area contributed by atoms with Gasteiger partial charge < -0.3 is 8.92 Å². The molecule has 0 rings (SSSR count). The number of hydrogen-bond acceptors (Lipinski definition) is 3. The maximum absolute atomic E-state index is 5.54. The molecule has 0 saturated heterocycles. The third-order valence-electron chi connectivity index (χ3n) is 1.87. The molecule has 84 valence electrons. The first-order chi connectivity index (χ1) is 6.70. The van der Waals surface area contributed by atoms with Crippen molar-refractivity contribution in [1.29, 1.82) is 0 Å². The zero-order valence-corrected chi connectivity index (χ0v) is 10.4. The molecule has 0 aliphatic carbocycles. The largest absolute Gasteiger partial charge is 0.385 e. The Labute approximate surface area is 92.3 Å². The molecule has 0 aliphatic heterocycles. The molecule has 0 aliphatic rings. The predicted molar refractivity (Wildman–Crippen MR) is 63.3 cm³/mol. The van der Waals surface area contributed by atoms with E-state index in [0.29, 0.717) is 0 Å². The molecule has 0 heterocycles. The van der Waals surface area contributed by atoms with Crippen molar-refractivity contribution in [2.24, 2.45) is 0 Å². The van der Waals surface area contributed by atoms with Crippen LogP contribution < -0.4 is 0 Å². The van der Waals surface area contributed by atoms with E-state index >= 15 is 0 Å². The summed E-state index contributed by atoms with van der Waals surface area (Å²) in [6, 6.07) is 0. The summed E-state index contributed by atoms with van der Waals surface area (Å²) in [5.41, 5.74) is 0. The lowest BCUT2D eigenvalue weighted by atomic mass is 10.2. The molecule has 0 radical (unpaired) electrons. The molecule has 0 saturated carbocycles. The summed E-state index contributed by atoms with van der Waals surface area (Å²) in [7, 11) is 1.71. The van der Waals surface area contributed by atoms with Crippen LogP contribution in [0.15, 0.2) is 11.5 Å². The molecule has 0 fully saturated rings. The Kier molecular flexibility index (Phi) is 9.57. The van der Waals surface area contributed by atoms with Crippen molar-refractivity contribution in [3.8, 4) is 0 Å². The number of allylic oxidation sites excluding steroid dienone is 1. The molecule has 0 spiro atoms. The molecule has 0 bridgehead atoms. The minimum Gasteiger partial charge on any atom is -0.385 e. The van der Waals surface area contributed by atoms with Gasteiger partial charge in [0.15, 0.2) is 0 Å². The number of rotatable bonds is 9. The van der Waals surface area contributed by atoms with E-state index in [4.69, 9.17) is 8.92 Å². The van der Waals surface area contributed by atoms with Gasteiger partial charge in [0, 0.05) is 30.7 Å². The predicted octanol–water partition coefficient (Wildman–Crippen LogP) is 3.78. The fraction of sp³-hybridized carbons (Fsp3) is 0.818. The van der Waals surface area contributed by atoms with Gasteiger partial charge in [-0.05, 0) is 26.2 Å². The number of ether oxygens (including phenoxy) is 1. The number of hydrogen-bond donors (Lipinski definition) is 0. The molecular formula is C11H22O2S. The van der Waals surface area contributed by atoms with E-state index in [1.807, 2.05) is 0 Å². The second-order valence-electron chi connectivity index (χ2n) is 3.41. The maximum atomic E-state index is 5.54. The van der Waals surface area contributed by atoms with E-state index in [1.54, 1.807) is 7.11 Å². The first kappa shape index (κ1) is 14.0. The van der Waals surface area contributed by atoms with Crippen molar-refractivity contribution in [2.45, 2.75) is 45.6 Å². The van der Waals surface area contributed by atoms with Crippen LogP contribution in [0.2, 0.25) is 0 Å². The molecule has 0 aromatic rings. The highest BCUT2D eigenvalue weighted by Crippen LogP contribution is 2.23. The Morgan fingerprint density at radius 1 is 1.50 bits per heavy atom. The molecule has 1 atom stereocenters. The highest BCUT2D eigenvalue weighted by Gasteiger charge is 2.03. The highest BCUT2D eigenvalue weighted by atomic mass is 32.2. The first-order valence-electron chi connectivity index (χ1n) is 5.20. The van der Waals surface area contributed by atoms with Crippen molar-refractivity contribution in [2.75, 3.05) is 13.7 Å². The SMILES string of the molecule is C=C(CCCC)SOC(C)CCOC. The van der Waals surface area contributed by atoms with E-state index in [0.717, 1.165) is 24.4 Å². The van der Waals surface area contributed by atoms with Crippen LogP contribution in [0, 0.1) is 0 Å². The molecule has 0 N–H and O–H groups in total. The van der Waals surface area contributed by atoms with Gasteiger partial charge in [-0.1, -0.05) is 19.9 Å². The van der Waals surface area contributed by atoms with Crippen LogP contribution in [0.4, 0.5) is 0 Å². The van der Waals surface area contributed by atoms with Gasteiger partial charge in [-0.2, -0.15) is 0 Å². The summed E-state index contributed by atoms with van der Waals surface area (Å²) >= 11 is 1.42. The van der Waals surface area contributed by atoms with Gasteiger partial charge >= 0.3 is 0 Å². The van der Waals surface area contributed by atoms with Gasteiger partial charge in [0.05, 0.1) is 6.10 Å². The van der Waals surface area contributed by atoms with Crippen molar-refractivity contribution < 1.29 is 8.92 Å². The van der Waals surface area contributed by atoms with Gasteiger partial charge in [-0.3, -0.25) is 0 Å². The van der Waals surface area contributed by atoms with Crippen LogP contribution in [0.1, 0.15) is 39.5 Å². The second kappa shape index (κ2) is 9.56. The Hall–Kier alpha value is 0.01000. The van der Waals surface area contributed by atoms with Crippen LogP contribution in [0.5, 0.6) is 0 Å². The van der Waals surface area contributed by atoms with E-state index in [2.05, 4.69) is 20.4 Å². The Morgan fingerprint density at radius 2 is 2.21 bits per heavy atom. The summed E-state index contributed by atoms with van der Waals surface area (Å²) in [6.07, 6.45) is 4.63. The zero-order chi connectivity index (χ0) is 10.8. The lowest BCUT2D eigenvalue weighted by Crippen LogP contribution is -2.06. The van der Waals surface area contributed by atoms with Crippen molar-refractivity contribution >= 4 is 12.0 Å². The van der Waals surface area contributed by atoms with Crippen LogP contribution in [-0.4, -0.2) is 19.8 Å². The summed E-state index contributed by atoms with van der Waals surface area (Å²) in [5, 5.41) is 0. The maximum Gasteiger partial charge on any atom is 0.0720 e. The fourth-order valence-corrected chi connectivity index (χ4v) is 1.52. The first-order valence-corrected chi connectivity index (χ1v) is 5.94. The summed E-state index contributed by atoms with van der Waals surface area (Å²) in [4.78, 5) is 1.12. The lowest BCUT2D eigenvalue weighted by molar-refractivity contribution is 0.148. The molecular weight excluding hydrogens is 196 g/mol. The zero-order valence-electron chi connectivity index (χ0n) is 9.54. The fourth-order valence-electron chi connectivity index (χ4n) is 0.898. The van der Waals surface area contributed by atoms with E-state index in [1.165, 1.54) is 24.9 Å². The molecule has 14 heavy (non-hydrogen) atoms. The van der Waals surface area contributed by atoms with Crippen LogP contribution in [-0.2, 0) is 8.92 Å². The van der Waals surface area contributed by atoms with Crippen LogP contribution in [0.25, 0.3) is 0 Å². The van der Waals surface area contributed by atoms with Gasteiger partial charge in [-0.15, -0.1) is 0 Å². The average molecular weight is 218 g/mol. The number of unbranched alkanes of at least 4 members (excludes halogenated alkanes) is 1. The van der Waals surface area contributed by atoms with E-state index < -0.39 is 0 Å². The van der Waals surface area contributed by atoms with Gasteiger partial charge in [-0.25, -0.2) is 0 Å². The standard InChI is InChI=1S/C11H22O2S/c1-5-6-7-11(3)14-13-10(2)8-9-12-4/h10H,3,5-9H2,1-2,4H3. The molecule has 0 aromatic carbocycles. The smallest absolute Gasteiger partial charge is 0.0720 e. The quantitative estimate of drug-likeness (QED) is 0.549. The Balaban J connectivity index is 3.36. The lowest BCUT2D eigenvalue weighted by Gasteiger charge is -2.11. The normalized spacial score (nSPS) is 12.8. The van der Waals surface area contributed by atoms with Crippen molar-refractivity contribution in [3.05, 3.63) is 11.5 Å². The molecule has 2 nitrogen and oxygen atoms in total. The third kappa shape index (κ3) is 8.60. The van der Waals surface area contributed by atoms with Crippen molar-refractivity contribution in [3.63, 3.8) is 0 Å². The summed E-state index contributed by atoms with van der Waals surface area (Å²) in [6.45, 7) is 8.94. The van der Waals surface area contributed by atoms with Gasteiger partial charge in [0.1, 0.15) is 0 Å². The molecule has 1 unspecified atom stereocenters. The Morgan fingerprint density at radius 3 is 2.79 bits per heavy atom. The van der Waals surface area contributed by atoms with Crippen LogP contribution in [0.3, 0.4) is 0 Å². The number of methoxy groups -OCH3 is 1. The second-order valence-corrected chi connectivity index (χ2v) is 4.35. The van der Waals surface area contributed by atoms with Gasteiger partial charge in [0.25, 0.3) is 0 Å². The van der Waals surface area contributed by atoms with Crippen molar-refractivity contribution in [1.82, 2.24) is 0 Å². The topological polar surface area (TPSA) is 18.5 Å². The molecule has 0 aromatic heterocycles. The monoisotopic (exact) mass is 218 g/mol. The minimum atomic E-state index is 0.235. The molecule has 0 amide bonds. The summed E-state index contributed by atoms with van der Waals surface area (Å²) < 4.78 is 10.5. The highest BCUT2D eigenvalue weighted by molar-refractivity contribution is 7.98. The van der Waals surface area contributed by atoms with Crippen LogP contribution >= 0.6 is 12.0 Å². The average Bonchev–Trinajstić information content (AvgIpc) is 2.20. The third-order valence-corrected chi connectivity index (χ3v) is 2.73.